The number of hydrogen-bond donors (Lipinski definition) is 3. The molecule has 0 amide bonds. The minimum atomic E-state index is 0.468. The Morgan fingerprint density at radius 2 is 1.32 bits per heavy atom. The van der Waals surface area contributed by atoms with Crippen LogP contribution in [0.3, 0.4) is 0 Å². The molecule has 5 N–H and O–H groups in total. The first kappa shape index (κ1) is 37.5. The van der Waals surface area contributed by atoms with Gasteiger partial charge in [-0.25, -0.2) is 0 Å². The van der Waals surface area contributed by atoms with E-state index in [1.807, 2.05) is 103 Å². The van der Waals surface area contributed by atoms with Crippen molar-refractivity contribution >= 4 is 39.4 Å². The van der Waals surface area contributed by atoms with Crippen molar-refractivity contribution in [2.75, 3.05) is 13.6 Å². The molecule has 8 rings (SSSR count). The van der Waals surface area contributed by atoms with E-state index in [1.54, 1.807) is 7.05 Å². The Bertz CT molecular complexity index is 2560. The summed E-state index contributed by atoms with van der Waals surface area (Å²) in [6, 6.07) is 51.0. The van der Waals surface area contributed by atoms with E-state index < -0.39 is 0 Å². The molecule has 0 saturated carbocycles. The highest BCUT2D eigenvalue weighted by Crippen LogP contribution is 2.33. The average Bonchev–Trinajstić information content (AvgIpc) is 3.65. The van der Waals surface area contributed by atoms with Crippen LogP contribution in [0.1, 0.15) is 40.7 Å². The minimum Gasteiger partial charge on any atom is -0.456 e. The number of furan rings is 1. The zero-order valence-electron chi connectivity index (χ0n) is 31.6. The van der Waals surface area contributed by atoms with E-state index in [9.17, 15) is 0 Å². The molecular weight excluding hydrogens is 689 g/mol. The summed E-state index contributed by atoms with van der Waals surface area (Å²) in [6.45, 7) is 1.63. The van der Waals surface area contributed by atoms with Gasteiger partial charge in [0.1, 0.15) is 28.7 Å². The van der Waals surface area contributed by atoms with Crippen LogP contribution in [0, 0.1) is 0 Å². The molecule has 0 saturated heterocycles. The Hall–Kier alpha value is -6.83. The van der Waals surface area contributed by atoms with E-state index in [0.29, 0.717) is 25.5 Å². The monoisotopic (exact) mass is 734 g/mol. The summed E-state index contributed by atoms with van der Waals surface area (Å²) in [5, 5.41) is 5.76. The fourth-order valence-electron chi connectivity index (χ4n) is 6.73. The standard InChI is InChI=1S/C35H30N4O.C14H16N2/c1-37-34(24-11-3-2-4-12-24)39-35(38-23-27-14-6-5-13-26(27)22-36)30-17-8-7-15-28(30)25-19-20-33-31(21-25)29-16-9-10-18-32(29)40-33;15-14(13-9-5-2-6-10-13)16-11-12-7-3-1-4-8-12/h2-21H,22-23,36H2,1H3,(H,37,38,39);2-3,5-10H,1,4,11H2,(H2,15,16). The number of rotatable bonds is 9. The Labute approximate surface area is 328 Å². The van der Waals surface area contributed by atoms with Crippen LogP contribution in [0.4, 0.5) is 0 Å². The van der Waals surface area contributed by atoms with Gasteiger partial charge in [-0.05, 0) is 58.9 Å². The summed E-state index contributed by atoms with van der Waals surface area (Å²) in [5.74, 6) is 2.10. The minimum absolute atomic E-state index is 0.468. The maximum Gasteiger partial charge on any atom is 0.135 e. The second kappa shape index (κ2) is 18.5. The predicted octanol–water partition coefficient (Wildman–Crippen LogP) is 9.99. The van der Waals surface area contributed by atoms with Gasteiger partial charge in [-0.2, -0.15) is 0 Å². The highest BCUT2D eigenvalue weighted by molar-refractivity contribution is 6.17. The number of fused-ring (bicyclic) bond motifs is 3. The third-order valence-electron chi connectivity index (χ3n) is 9.70. The van der Waals surface area contributed by atoms with Crippen molar-refractivity contribution in [3.8, 4) is 11.1 Å². The molecule has 1 aromatic heterocycles. The van der Waals surface area contributed by atoms with Gasteiger partial charge in [0, 0.05) is 41.1 Å². The van der Waals surface area contributed by atoms with Gasteiger partial charge >= 0.3 is 0 Å². The van der Waals surface area contributed by atoms with Gasteiger partial charge in [0.2, 0.25) is 0 Å². The molecular formula is C49H46N6O. The lowest BCUT2D eigenvalue weighted by molar-refractivity contribution is 0.669. The summed E-state index contributed by atoms with van der Waals surface area (Å²) >= 11 is 0. The molecule has 7 nitrogen and oxygen atoms in total. The smallest absolute Gasteiger partial charge is 0.135 e. The van der Waals surface area contributed by atoms with Gasteiger partial charge in [-0.3, -0.25) is 15.0 Å². The van der Waals surface area contributed by atoms with Gasteiger partial charge in [-0.15, -0.1) is 0 Å². The first-order valence-electron chi connectivity index (χ1n) is 18.9. The fourth-order valence-corrected chi connectivity index (χ4v) is 6.73. The van der Waals surface area contributed by atoms with Crippen molar-refractivity contribution in [3.63, 3.8) is 0 Å². The van der Waals surface area contributed by atoms with Crippen LogP contribution in [-0.4, -0.2) is 31.1 Å². The number of amidine groups is 3. The number of allylic oxidation sites excluding steroid dienone is 2. The molecule has 0 fully saturated rings. The van der Waals surface area contributed by atoms with E-state index in [-0.39, 0.29) is 0 Å². The summed E-state index contributed by atoms with van der Waals surface area (Å²) in [7, 11) is 1.79. The second-order valence-corrected chi connectivity index (χ2v) is 13.4. The Morgan fingerprint density at radius 3 is 2.07 bits per heavy atom. The number of aliphatic imine (C=N–C) groups is 3. The van der Waals surface area contributed by atoms with Gasteiger partial charge in [-0.1, -0.05) is 152 Å². The molecule has 1 heterocycles. The van der Waals surface area contributed by atoms with Crippen LogP contribution in [-0.2, 0) is 13.1 Å². The molecule has 0 bridgehead atoms. The molecule has 7 aromatic rings. The van der Waals surface area contributed by atoms with Crippen LogP contribution >= 0.6 is 0 Å². The lowest BCUT2D eigenvalue weighted by Crippen LogP contribution is -2.32. The molecule has 1 aliphatic carbocycles. The largest absolute Gasteiger partial charge is 0.456 e. The highest BCUT2D eigenvalue weighted by atomic mass is 16.3. The second-order valence-electron chi connectivity index (χ2n) is 13.4. The average molecular weight is 735 g/mol. The summed E-state index contributed by atoms with van der Waals surface area (Å²) in [6.07, 6.45) is 8.80. The van der Waals surface area contributed by atoms with Crippen molar-refractivity contribution in [1.82, 2.24) is 5.32 Å². The molecule has 6 aromatic carbocycles. The maximum absolute atomic E-state index is 6.08. The van der Waals surface area contributed by atoms with Crippen LogP contribution in [0.25, 0.3) is 33.1 Å². The van der Waals surface area contributed by atoms with E-state index in [2.05, 4.69) is 82.1 Å². The zero-order chi connectivity index (χ0) is 38.5. The van der Waals surface area contributed by atoms with E-state index in [0.717, 1.165) is 85.4 Å². The number of hydrogen-bond acceptors (Lipinski definition) is 5. The molecule has 0 spiro atoms. The molecule has 56 heavy (non-hydrogen) atoms. The molecule has 0 aliphatic heterocycles. The normalized spacial score (nSPS) is 13.3. The molecule has 0 atom stereocenters. The SMILES string of the molecule is CN=C(NC(=NCc1ccccc1CN)c1ccccc1-c1ccc2oc3ccccc3c2c1)c1ccccc1.NC(=NCC1=CCCC=C1)c1ccccc1. The van der Waals surface area contributed by atoms with Crippen molar-refractivity contribution in [3.05, 3.63) is 203 Å². The molecule has 278 valence electrons. The topological polar surface area (TPSA) is 114 Å². The Balaban J connectivity index is 0.000000251. The molecule has 0 unspecified atom stereocenters. The van der Waals surface area contributed by atoms with Gasteiger partial charge in [0.15, 0.2) is 0 Å². The van der Waals surface area contributed by atoms with Crippen LogP contribution in [0.2, 0.25) is 0 Å². The van der Waals surface area contributed by atoms with Gasteiger partial charge < -0.3 is 21.2 Å². The number of nitrogens with two attached hydrogens (primary N) is 2. The maximum atomic E-state index is 6.08. The predicted molar refractivity (Wildman–Crippen MR) is 234 cm³/mol. The quantitative estimate of drug-likeness (QED) is 0.101. The van der Waals surface area contributed by atoms with E-state index in [4.69, 9.17) is 20.9 Å². The van der Waals surface area contributed by atoms with Gasteiger partial charge in [0.25, 0.3) is 0 Å². The Kier molecular flexibility index (Phi) is 12.4. The van der Waals surface area contributed by atoms with Crippen LogP contribution < -0.4 is 16.8 Å². The highest BCUT2D eigenvalue weighted by Gasteiger charge is 2.16. The molecule has 0 radical (unpaired) electrons. The van der Waals surface area contributed by atoms with Crippen molar-refractivity contribution < 1.29 is 4.42 Å². The number of nitrogens with zero attached hydrogens (tertiary/aromatic N) is 3. The first-order chi connectivity index (χ1) is 27.6. The summed E-state index contributed by atoms with van der Waals surface area (Å²) < 4.78 is 6.08. The van der Waals surface area contributed by atoms with Crippen molar-refractivity contribution in [2.24, 2.45) is 26.4 Å². The zero-order valence-corrected chi connectivity index (χ0v) is 31.6. The number of nitrogens with one attached hydrogen (secondary N) is 1. The van der Waals surface area contributed by atoms with Crippen LogP contribution in [0.15, 0.2) is 195 Å². The third-order valence-corrected chi connectivity index (χ3v) is 9.70. The molecule has 1 aliphatic rings. The van der Waals surface area contributed by atoms with Crippen molar-refractivity contribution in [2.45, 2.75) is 25.9 Å². The lowest BCUT2D eigenvalue weighted by atomic mass is 9.97. The van der Waals surface area contributed by atoms with Gasteiger partial charge in [0.05, 0.1) is 13.1 Å². The van der Waals surface area contributed by atoms with E-state index in [1.165, 1.54) is 5.57 Å². The Morgan fingerprint density at radius 1 is 0.643 bits per heavy atom. The summed E-state index contributed by atoms with van der Waals surface area (Å²) in [5.41, 5.74) is 22.3. The molecule has 7 heteroatoms. The first-order valence-corrected chi connectivity index (χ1v) is 18.9. The van der Waals surface area contributed by atoms with Crippen LogP contribution in [0.5, 0.6) is 0 Å². The number of para-hydroxylation sites is 1. The van der Waals surface area contributed by atoms with E-state index >= 15 is 0 Å². The number of benzene rings is 6. The fraction of sp³-hybridized carbons (Fsp3) is 0.122. The van der Waals surface area contributed by atoms with Crippen molar-refractivity contribution in [1.29, 1.82) is 0 Å². The lowest BCUT2D eigenvalue weighted by Gasteiger charge is -2.17. The summed E-state index contributed by atoms with van der Waals surface area (Å²) in [4.78, 5) is 14.1. The third kappa shape index (κ3) is 9.09.